The van der Waals surface area contributed by atoms with Gasteiger partial charge in [-0.15, -0.1) is 0 Å². The summed E-state index contributed by atoms with van der Waals surface area (Å²) < 4.78 is 5.41. The molecule has 0 bridgehead atoms. The molecule has 0 fully saturated rings. The molecule has 0 heterocycles. The third-order valence-corrected chi connectivity index (χ3v) is 2.32. The lowest BCUT2D eigenvalue weighted by molar-refractivity contribution is 0.335. The third-order valence-electron chi connectivity index (χ3n) is 1.82. The fourth-order valence-corrected chi connectivity index (χ4v) is 1.78. The molecule has 1 aromatic carbocycles. The Morgan fingerprint density at radius 3 is 2.57 bits per heavy atom. The van der Waals surface area contributed by atoms with Crippen molar-refractivity contribution in [1.82, 2.24) is 0 Å². The van der Waals surface area contributed by atoms with Gasteiger partial charge in [0, 0.05) is 16.6 Å². The van der Waals surface area contributed by atoms with Gasteiger partial charge in [-0.1, -0.05) is 23.2 Å². The number of hydrogen-bond donors (Lipinski definition) is 1. The number of benzene rings is 1. The van der Waals surface area contributed by atoms with Crippen molar-refractivity contribution in [3.05, 3.63) is 27.7 Å². The van der Waals surface area contributed by atoms with E-state index in [2.05, 4.69) is 0 Å². The summed E-state index contributed by atoms with van der Waals surface area (Å²) in [6.07, 6.45) is 0. The first-order chi connectivity index (χ1) is 6.56. The van der Waals surface area contributed by atoms with Crippen LogP contribution >= 0.6 is 23.2 Å². The van der Waals surface area contributed by atoms with Crippen LogP contribution in [0.2, 0.25) is 10.0 Å². The first kappa shape index (κ1) is 11.6. The second kappa shape index (κ2) is 4.87. The van der Waals surface area contributed by atoms with Crippen LogP contribution in [0.5, 0.6) is 5.75 Å². The van der Waals surface area contributed by atoms with Crippen LogP contribution in [0.25, 0.3) is 0 Å². The molecule has 1 aromatic rings. The quantitative estimate of drug-likeness (QED) is 0.869. The van der Waals surface area contributed by atoms with E-state index in [0.717, 1.165) is 5.56 Å². The molecule has 0 aliphatic carbocycles. The van der Waals surface area contributed by atoms with Gasteiger partial charge in [-0.3, -0.25) is 0 Å². The summed E-state index contributed by atoms with van der Waals surface area (Å²) in [5.74, 6) is 0.633. The fourth-order valence-electron chi connectivity index (χ4n) is 1.22. The Bertz CT molecular complexity index is 326. The highest BCUT2D eigenvalue weighted by Gasteiger charge is 2.13. The predicted molar refractivity (Wildman–Crippen MR) is 60.2 cm³/mol. The van der Waals surface area contributed by atoms with Crippen LogP contribution in [0.4, 0.5) is 0 Å². The molecule has 0 aliphatic heterocycles. The highest BCUT2D eigenvalue weighted by atomic mass is 35.5. The first-order valence-electron chi connectivity index (χ1n) is 4.43. The average Bonchev–Trinajstić information content (AvgIpc) is 2.09. The minimum Gasteiger partial charge on any atom is -0.492 e. The zero-order valence-electron chi connectivity index (χ0n) is 8.18. The van der Waals surface area contributed by atoms with Crippen LogP contribution in [-0.4, -0.2) is 6.61 Å². The van der Waals surface area contributed by atoms with E-state index in [4.69, 9.17) is 33.7 Å². The van der Waals surface area contributed by atoms with Gasteiger partial charge in [0.15, 0.2) is 0 Å². The van der Waals surface area contributed by atoms with E-state index in [1.807, 2.05) is 13.8 Å². The Balaban J connectivity index is 3.21. The molecule has 0 aromatic heterocycles. The van der Waals surface area contributed by atoms with Gasteiger partial charge in [-0.2, -0.15) is 0 Å². The van der Waals surface area contributed by atoms with E-state index in [-0.39, 0.29) is 6.04 Å². The maximum atomic E-state index is 5.99. The number of rotatable bonds is 3. The maximum absolute atomic E-state index is 5.99. The molecule has 0 saturated heterocycles. The van der Waals surface area contributed by atoms with Crippen molar-refractivity contribution in [2.24, 2.45) is 5.73 Å². The largest absolute Gasteiger partial charge is 0.492 e. The lowest BCUT2D eigenvalue weighted by Crippen LogP contribution is -2.08. The van der Waals surface area contributed by atoms with Crippen molar-refractivity contribution in [3.8, 4) is 5.75 Å². The maximum Gasteiger partial charge on any atom is 0.142 e. The zero-order valence-corrected chi connectivity index (χ0v) is 9.69. The molecule has 0 radical (unpaired) electrons. The zero-order chi connectivity index (χ0) is 10.7. The Morgan fingerprint density at radius 2 is 2.07 bits per heavy atom. The number of hydrogen-bond acceptors (Lipinski definition) is 2. The normalized spacial score (nSPS) is 12.6. The second-order valence-corrected chi connectivity index (χ2v) is 3.87. The molecule has 4 heteroatoms. The number of nitrogens with two attached hydrogens (primary N) is 1. The standard InChI is InChI=1S/C10H13Cl2NO/c1-3-14-10-8(6(2)13)4-7(11)5-9(10)12/h4-6H,3,13H2,1-2H3. The molecule has 1 atom stereocenters. The molecule has 14 heavy (non-hydrogen) atoms. The van der Waals surface area contributed by atoms with E-state index < -0.39 is 0 Å². The molecule has 2 N–H and O–H groups in total. The highest BCUT2D eigenvalue weighted by Crippen LogP contribution is 2.35. The summed E-state index contributed by atoms with van der Waals surface area (Å²) in [4.78, 5) is 0. The molecule has 78 valence electrons. The van der Waals surface area contributed by atoms with Crippen LogP contribution in [0.1, 0.15) is 25.5 Å². The van der Waals surface area contributed by atoms with E-state index in [9.17, 15) is 0 Å². The lowest BCUT2D eigenvalue weighted by atomic mass is 10.1. The van der Waals surface area contributed by atoms with Crippen LogP contribution < -0.4 is 10.5 Å². The highest BCUT2D eigenvalue weighted by molar-refractivity contribution is 6.35. The molecule has 2 nitrogen and oxygen atoms in total. The van der Waals surface area contributed by atoms with Crippen molar-refractivity contribution in [1.29, 1.82) is 0 Å². The average molecular weight is 234 g/mol. The summed E-state index contributed by atoms with van der Waals surface area (Å²) in [6.45, 7) is 4.32. The summed E-state index contributed by atoms with van der Waals surface area (Å²) in [6, 6.07) is 3.29. The summed E-state index contributed by atoms with van der Waals surface area (Å²) >= 11 is 11.9. The molecule has 0 amide bonds. The van der Waals surface area contributed by atoms with Crippen molar-refractivity contribution in [2.45, 2.75) is 19.9 Å². The van der Waals surface area contributed by atoms with Gasteiger partial charge < -0.3 is 10.5 Å². The van der Waals surface area contributed by atoms with Gasteiger partial charge >= 0.3 is 0 Å². The Morgan fingerprint density at radius 1 is 1.43 bits per heavy atom. The van der Waals surface area contributed by atoms with Crippen LogP contribution in [-0.2, 0) is 0 Å². The molecule has 1 rings (SSSR count). The minimum absolute atomic E-state index is 0.146. The smallest absolute Gasteiger partial charge is 0.142 e. The van der Waals surface area contributed by atoms with Crippen LogP contribution in [0, 0.1) is 0 Å². The minimum atomic E-state index is -0.146. The van der Waals surface area contributed by atoms with E-state index >= 15 is 0 Å². The fraction of sp³-hybridized carbons (Fsp3) is 0.400. The van der Waals surface area contributed by atoms with Gasteiger partial charge in [0.25, 0.3) is 0 Å². The van der Waals surface area contributed by atoms with Gasteiger partial charge in [0.05, 0.1) is 11.6 Å². The third kappa shape index (κ3) is 2.53. The first-order valence-corrected chi connectivity index (χ1v) is 5.19. The van der Waals surface area contributed by atoms with E-state index in [0.29, 0.717) is 22.4 Å². The number of halogens is 2. The topological polar surface area (TPSA) is 35.2 Å². The SMILES string of the molecule is CCOc1c(Cl)cc(Cl)cc1C(C)N. The van der Waals surface area contributed by atoms with Crippen molar-refractivity contribution < 1.29 is 4.74 Å². The van der Waals surface area contributed by atoms with Crippen molar-refractivity contribution >= 4 is 23.2 Å². The molecule has 1 unspecified atom stereocenters. The molecular weight excluding hydrogens is 221 g/mol. The van der Waals surface area contributed by atoms with Gasteiger partial charge in [0.2, 0.25) is 0 Å². The van der Waals surface area contributed by atoms with Gasteiger partial charge in [0.1, 0.15) is 5.75 Å². The lowest BCUT2D eigenvalue weighted by Gasteiger charge is -2.14. The summed E-state index contributed by atoms with van der Waals surface area (Å²) in [5.41, 5.74) is 6.62. The second-order valence-electron chi connectivity index (χ2n) is 3.03. The molecule has 0 saturated carbocycles. The molecule has 0 aliphatic rings. The van der Waals surface area contributed by atoms with Gasteiger partial charge in [-0.05, 0) is 26.0 Å². The van der Waals surface area contributed by atoms with E-state index in [1.54, 1.807) is 12.1 Å². The van der Waals surface area contributed by atoms with Crippen LogP contribution in [0.3, 0.4) is 0 Å². The Labute approximate surface area is 94.0 Å². The van der Waals surface area contributed by atoms with E-state index in [1.165, 1.54) is 0 Å². The monoisotopic (exact) mass is 233 g/mol. The van der Waals surface area contributed by atoms with Gasteiger partial charge in [-0.25, -0.2) is 0 Å². The predicted octanol–water partition coefficient (Wildman–Crippen LogP) is 3.41. The van der Waals surface area contributed by atoms with Crippen molar-refractivity contribution in [3.63, 3.8) is 0 Å². The van der Waals surface area contributed by atoms with Crippen LogP contribution in [0.15, 0.2) is 12.1 Å². The summed E-state index contributed by atoms with van der Waals surface area (Å²) in [5, 5.41) is 1.08. The number of ether oxygens (including phenoxy) is 1. The Kier molecular flexibility index (Phi) is 4.05. The van der Waals surface area contributed by atoms with Crippen molar-refractivity contribution in [2.75, 3.05) is 6.61 Å². The molecule has 0 spiro atoms. The summed E-state index contributed by atoms with van der Waals surface area (Å²) in [7, 11) is 0. The Hall–Kier alpha value is -0.440. The molecular formula is C10H13Cl2NO.